The molecule has 1 N–H and O–H groups in total. The van der Waals surface area contributed by atoms with E-state index in [4.69, 9.17) is 10.4 Å². The Morgan fingerprint density at radius 1 is 1.18 bits per heavy atom. The average molecular weight is 370 g/mol. The number of rotatable bonds is 4. The molecule has 1 aliphatic carbocycles. The molecule has 4 nitrogen and oxygen atoms in total. The lowest BCUT2D eigenvalue weighted by Crippen LogP contribution is -2.32. The van der Waals surface area contributed by atoms with Crippen LogP contribution in [0.15, 0.2) is 66.3 Å². The number of anilines is 2. The zero-order valence-electron chi connectivity index (χ0n) is 15.6. The van der Waals surface area contributed by atoms with Gasteiger partial charge in [0.1, 0.15) is 11.6 Å². The highest BCUT2D eigenvalue weighted by atomic mass is 16.4. The van der Waals surface area contributed by atoms with Gasteiger partial charge in [-0.05, 0) is 66.1 Å². The monoisotopic (exact) mass is 370 g/mol. The lowest BCUT2D eigenvalue weighted by Gasteiger charge is -2.38. The molecule has 2 unspecified atom stereocenters. The topological polar surface area (TPSA) is 64.3 Å². The van der Waals surface area contributed by atoms with Crippen molar-refractivity contribution in [3.05, 3.63) is 77.4 Å². The summed E-state index contributed by atoms with van der Waals surface area (Å²) in [6.45, 7) is 1.06. The van der Waals surface area contributed by atoms with E-state index in [1.165, 1.54) is 42.3 Å². The standard InChI is InChI=1S/C24H22N2O2/c25-15-18(24(27)28)7-4-6-17-12-13-23-22(14-17)21-11-5-8-19(21)16-26(23)20-9-2-1-3-10-20/h1-4,6-7,9-10,12-14,19,21H,5,8,11,16H2,(H,27,28). The summed E-state index contributed by atoms with van der Waals surface area (Å²) in [6, 6.07) is 18.7. The van der Waals surface area contributed by atoms with E-state index in [0.717, 1.165) is 12.1 Å². The number of allylic oxidation sites excluding steroid dienone is 2. The fourth-order valence-electron chi connectivity index (χ4n) is 4.48. The van der Waals surface area contributed by atoms with Crippen LogP contribution in [-0.2, 0) is 4.79 Å². The van der Waals surface area contributed by atoms with Gasteiger partial charge in [-0.15, -0.1) is 0 Å². The van der Waals surface area contributed by atoms with Crippen LogP contribution in [0, 0.1) is 17.2 Å². The third kappa shape index (κ3) is 3.44. The Morgan fingerprint density at radius 3 is 2.75 bits per heavy atom. The molecule has 0 spiro atoms. The molecule has 0 amide bonds. The number of nitrogens with zero attached hydrogens (tertiary/aromatic N) is 2. The normalized spacial score (nSPS) is 21.2. The van der Waals surface area contributed by atoms with E-state index < -0.39 is 5.97 Å². The van der Waals surface area contributed by atoms with Crippen LogP contribution >= 0.6 is 0 Å². The van der Waals surface area contributed by atoms with Crippen molar-refractivity contribution in [1.82, 2.24) is 0 Å². The number of carboxylic acids is 1. The number of nitriles is 1. The van der Waals surface area contributed by atoms with Gasteiger partial charge in [0.15, 0.2) is 0 Å². The number of hydrogen-bond acceptors (Lipinski definition) is 3. The second-order valence-electron chi connectivity index (χ2n) is 7.42. The third-order valence-electron chi connectivity index (χ3n) is 5.79. The molecule has 2 aliphatic rings. The van der Waals surface area contributed by atoms with Gasteiger partial charge in [-0.2, -0.15) is 5.26 Å². The van der Waals surface area contributed by atoms with Gasteiger partial charge in [-0.3, -0.25) is 0 Å². The second-order valence-corrected chi connectivity index (χ2v) is 7.42. The smallest absolute Gasteiger partial charge is 0.346 e. The van der Waals surface area contributed by atoms with Gasteiger partial charge in [0.25, 0.3) is 0 Å². The molecule has 2 aromatic rings. The largest absolute Gasteiger partial charge is 0.477 e. The van der Waals surface area contributed by atoms with E-state index in [-0.39, 0.29) is 5.57 Å². The van der Waals surface area contributed by atoms with Crippen molar-refractivity contribution >= 4 is 23.4 Å². The SMILES string of the molecule is N#CC(=CC=Cc1ccc2c(c1)C1CCCC1CN2c1ccccc1)C(=O)O. The van der Waals surface area contributed by atoms with Crippen LogP contribution in [0.2, 0.25) is 0 Å². The summed E-state index contributed by atoms with van der Waals surface area (Å²) < 4.78 is 0. The van der Waals surface area contributed by atoms with Gasteiger partial charge in [0, 0.05) is 17.9 Å². The lowest BCUT2D eigenvalue weighted by molar-refractivity contribution is -0.132. The van der Waals surface area contributed by atoms with Gasteiger partial charge >= 0.3 is 5.97 Å². The third-order valence-corrected chi connectivity index (χ3v) is 5.79. The molecule has 1 saturated carbocycles. The molecule has 0 radical (unpaired) electrons. The van der Waals surface area contributed by atoms with Crippen molar-refractivity contribution in [3.63, 3.8) is 0 Å². The first-order chi connectivity index (χ1) is 13.7. The minimum absolute atomic E-state index is 0.264. The van der Waals surface area contributed by atoms with E-state index >= 15 is 0 Å². The molecule has 0 bridgehead atoms. The highest BCUT2D eigenvalue weighted by molar-refractivity contribution is 5.91. The Morgan fingerprint density at radius 2 is 2.00 bits per heavy atom. The van der Waals surface area contributed by atoms with E-state index in [0.29, 0.717) is 11.8 Å². The van der Waals surface area contributed by atoms with Gasteiger partial charge in [-0.1, -0.05) is 42.8 Å². The Kier molecular flexibility index (Phi) is 4.99. The van der Waals surface area contributed by atoms with Crippen molar-refractivity contribution in [2.75, 3.05) is 11.4 Å². The maximum atomic E-state index is 10.9. The summed E-state index contributed by atoms with van der Waals surface area (Å²) in [5, 5.41) is 17.8. The Bertz CT molecular complexity index is 985. The van der Waals surface area contributed by atoms with Crippen LogP contribution in [0.5, 0.6) is 0 Å². The summed E-state index contributed by atoms with van der Waals surface area (Å²) >= 11 is 0. The highest BCUT2D eigenvalue weighted by Gasteiger charge is 2.37. The molecular weight excluding hydrogens is 348 g/mol. The number of carbonyl (C=O) groups is 1. The molecule has 1 heterocycles. The van der Waals surface area contributed by atoms with Crippen molar-refractivity contribution in [2.24, 2.45) is 5.92 Å². The van der Waals surface area contributed by atoms with Crippen LogP contribution in [0.4, 0.5) is 11.4 Å². The first-order valence-electron chi connectivity index (χ1n) is 9.65. The summed E-state index contributed by atoms with van der Waals surface area (Å²) in [6.07, 6.45) is 8.61. The molecule has 140 valence electrons. The molecule has 4 rings (SSSR count). The minimum atomic E-state index is -1.20. The number of para-hydroxylation sites is 1. The zero-order chi connectivity index (χ0) is 19.5. The minimum Gasteiger partial charge on any atom is -0.477 e. The second kappa shape index (κ2) is 7.74. The number of benzene rings is 2. The molecule has 4 heteroatoms. The predicted octanol–water partition coefficient (Wildman–Crippen LogP) is 5.27. The van der Waals surface area contributed by atoms with Crippen LogP contribution < -0.4 is 4.90 Å². The predicted molar refractivity (Wildman–Crippen MR) is 110 cm³/mol. The van der Waals surface area contributed by atoms with Crippen LogP contribution in [0.1, 0.15) is 36.3 Å². The summed E-state index contributed by atoms with van der Waals surface area (Å²) in [7, 11) is 0. The maximum Gasteiger partial charge on any atom is 0.346 e. The molecule has 28 heavy (non-hydrogen) atoms. The highest BCUT2D eigenvalue weighted by Crippen LogP contribution is 2.49. The maximum absolute atomic E-state index is 10.9. The van der Waals surface area contributed by atoms with Gasteiger partial charge < -0.3 is 10.0 Å². The van der Waals surface area contributed by atoms with Gasteiger partial charge in [0.2, 0.25) is 0 Å². The van der Waals surface area contributed by atoms with Crippen molar-refractivity contribution in [2.45, 2.75) is 25.2 Å². The molecule has 2 atom stereocenters. The van der Waals surface area contributed by atoms with Crippen molar-refractivity contribution in [1.29, 1.82) is 5.26 Å². The van der Waals surface area contributed by atoms with Crippen molar-refractivity contribution in [3.8, 4) is 6.07 Å². The lowest BCUT2D eigenvalue weighted by atomic mass is 9.82. The molecule has 1 fully saturated rings. The Hall–Kier alpha value is -3.32. The van der Waals surface area contributed by atoms with Crippen LogP contribution in [0.25, 0.3) is 6.08 Å². The summed E-state index contributed by atoms with van der Waals surface area (Å²) in [5.41, 5.74) is 4.63. The molecule has 2 aromatic carbocycles. The van der Waals surface area contributed by atoms with Gasteiger partial charge in [-0.25, -0.2) is 4.79 Å². The summed E-state index contributed by atoms with van der Waals surface area (Å²) in [5.74, 6) is 0.0569. The number of carboxylic acid groups (broad SMARTS) is 1. The zero-order valence-corrected chi connectivity index (χ0v) is 15.6. The Labute approximate surface area is 165 Å². The van der Waals surface area contributed by atoms with E-state index in [1.54, 1.807) is 12.1 Å². The van der Waals surface area contributed by atoms with E-state index in [9.17, 15) is 4.79 Å². The van der Waals surface area contributed by atoms with E-state index in [1.807, 2.05) is 12.1 Å². The molecular formula is C24H22N2O2. The molecule has 0 aromatic heterocycles. The number of fused-ring (bicyclic) bond motifs is 3. The van der Waals surface area contributed by atoms with Crippen LogP contribution in [0.3, 0.4) is 0 Å². The van der Waals surface area contributed by atoms with Crippen molar-refractivity contribution < 1.29 is 9.90 Å². The first-order valence-corrected chi connectivity index (χ1v) is 9.65. The van der Waals surface area contributed by atoms with E-state index in [2.05, 4.69) is 47.4 Å². The first kappa shape index (κ1) is 18.1. The molecule has 1 aliphatic heterocycles. The van der Waals surface area contributed by atoms with Crippen LogP contribution in [-0.4, -0.2) is 17.6 Å². The fraction of sp³-hybridized carbons (Fsp3) is 0.250. The Balaban J connectivity index is 1.69. The summed E-state index contributed by atoms with van der Waals surface area (Å²) in [4.78, 5) is 13.4. The fourth-order valence-corrected chi connectivity index (χ4v) is 4.48. The number of hydrogen-bond donors (Lipinski definition) is 1. The number of aliphatic carboxylic acids is 1. The average Bonchev–Trinajstić information content (AvgIpc) is 3.20. The quantitative estimate of drug-likeness (QED) is 0.452. The van der Waals surface area contributed by atoms with Gasteiger partial charge in [0.05, 0.1) is 0 Å². The molecule has 0 saturated heterocycles.